The molecular weight excluding hydrogens is 260 g/mol. The minimum Gasteiger partial charge on any atom is -0.373 e. The predicted molar refractivity (Wildman–Crippen MR) is 52.7 cm³/mol. The second-order valence-electron chi connectivity index (χ2n) is 3.01. The zero-order valence-electron chi connectivity index (χ0n) is 9.31. The Labute approximate surface area is 96.3 Å². The predicted octanol–water partition coefficient (Wildman–Crippen LogP) is 1.33. The summed E-state index contributed by atoms with van der Waals surface area (Å²) in [4.78, 5) is 0. The summed E-state index contributed by atoms with van der Waals surface area (Å²) in [7, 11) is -0.764. The fraction of sp³-hybridized carbons (Fsp3) is 0.333. The van der Waals surface area contributed by atoms with Gasteiger partial charge in [-0.15, -0.1) is 0 Å². The van der Waals surface area contributed by atoms with Gasteiger partial charge in [-0.25, -0.2) is 17.6 Å². The first-order valence-electron chi connectivity index (χ1n) is 4.42. The fourth-order valence-electron chi connectivity index (χ4n) is 1.40. The first-order chi connectivity index (χ1) is 7.93. The summed E-state index contributed by atoms with van der Waals surface area (Å²) < 4.78 is 67.4. The molecule has 0 aliphatic carbocycles. The van der Waals surface area contributed by atoms with Crippen molar-refractivity contribution in [3.63, 3.8) is 0 Å². The average Bonchev–Trinajstić information content (AvgIpc) is 2.33. The molecule has 0 unspecified atom stereocenters. The van der Waals surface area contributed by atoms with Gasteiger partial charge in [0.05, 0.1) is 5.19 Å². The average molecular weight is 270 g/mol. The Morgan fingerprint density at radius 3 is 1.47 bits per heavy atom. The summed E-state index contributed by atoms with van der Waals surface area (Å²) in [5.41, 5.74) is 0. The zero-order chi connectivity index (χ0) is 13.2. The van der Waals surface area contributed by atoms with E-state index in [2.05, 4.69) is 0 Å². The molecule has 0 spiro atoms. The quantitative estimate of drug-likeness (QED) is 0.469. The Hall–Kier alpha value is -0.963. The van der Waals surface area contributed by atoms with Gasteiger partial charge in [0.25, 0.3) is 0 Å². The van der Waals surface area contributed by atoms with Crippen molar-refractivity contribution in [1.82, 2.24) is 0 Å². The summed E-state index contributed by atoms with van der Waals surface area (Å²) in [5, 5.41) is -0.984. The van der Waals surface area contributed by atoms with Gasteiger partial charge in [-0.3, -0.25) is 0 Å². The van der Waals surface area contributed by atoms with Gasteiger partial charge in [0, 0.05) is 27.4 Å². The Balaban J connectivity index is 3.58. The number of benzene rings is 1. The third kappa shape index (κ3) is 2.21. The zero-order valence-corrected chi connectivity index (χ0v) is 10.3. The largest absolute Gasteiger partial charge is 0.542 e. The second kappa shape index (κ2) is 5.13. The summed E-state index contributed by atoms with van der Waals surface area (Å²) >= 11 is 0. The lowest BCUT2D eigenvalue weighted by molar-refractivity contribution is 0.138. The van der Waals surface area contributed by atoms with Crippen LogP contribution in [0.25, 0.3) is 0 Å². The molecule has 3 nitrogen and oxygen atoms in total. The van der Waals surface area contributed by atoms with Crippen LogP contribution in [0, 0.1) is 23.3 Å². The molecule has 8 heteroatoms. The molecular formula is C9H10F4O3Si. The van der Waals surface area contributed by atoms with Crippen molar-refractivity contribution in [3.8, 4) is 0 Å². The summed E-state index contributed by atoms with van der Waals surface area (Å²) in [5.74, 6) is -6.24. The van der Waals surface area contributed by atoms with Crippen LogP contribution in [0.3, 0.4) is 0 Å². The van der Waals surface area contributed by atoms with Crippen molar-refractivity contribution in [1.29, 1.82) is 0 Å². The normalized spacial score (nSPS) is 11.9. The van der Waals surface area contributed by atoms with E-state index in [0.717, 1.165) is 21.3 Å². The molecule has 0 atom stereocenters. The van der Waals surface area contributed by atoms with Crippen molar-refractivity contribution in [2.75, 3.05) is 21.3 Å². The molecule has 1 aromatic carbocycles. The highest BCUT2D eigenvalue weighted by molar-refractivity contribution is 6.75. The van der Waals surface area contributed by atoms with Crippen LogP contribution in [0.1, 0.15) is 0 Å². The van der Waals surface area contributed by atoms with Gasteiger partial charge in [0.1, 0.15) is 0 Å². The molecule has 0 heterocycles. The topological polar surface area (TPSA) is 27.7 Å². The van der Waals surface area contributed by atoms with Crippen LogP contribution < -0.4 is 5.19 Å². The molecule has 0 aromatic heterocycles. The van der Waals surface area contributed by atoms with Gasteiger partial charge >= 0.3 is 8.80 Å². The molecule has 96 valence electrons. The van der Waals surface area contributed by atoms with Gasteiger partial charge in [-0.05, 0) is 0 Å². The Morgan fingerprint density at radius 2 is 1.18 bits per heavy atom. The van der Waals surface area contributed by atoms with Crippen LogP contribution in [0.2, 0.25) is 0 Å². The van der Waals surface area contributed by atoms with Gasteiger partial charge in [0.2, 0.25) is 0 Å². The molecule has 0 N–H and O–H groups in total. The molecule has 0 aliphatic heterocycles. The van der Waals surface area contributed by atoms with Gasteiger partial charge in [-0.2, -0.15) is 0 Å². The van der Waals surface area contributed by atoms with E-state index in [1.807, 2.05) is 0 Å². The molecule has 0 radical (unpaired) electrons. The minimum absolute atomic E-state index is 0.105. The van der Waals surface area contributed by atoms with Crippen molar-refractivity contribution >= 4 is 14.0 Å². The van der Waals surface area contributed by atoms with Crippen LogP contribution in [-0.2, 0) is 13.3 Å². The van der Waals surface area contributed by atoms with Crippen LogP contribution in [-0.4, -0.2) is 30.1 Å². The second-order valence-corrected chi connectivity index (χ2v) is 5.85. The first-order valence-corrected chi connectivity index (χ1v) is 6.15. The van der Waals surface area contributed by atoms with Crippen LogP contribution in [0.15, 0.2) is 6.07 Å². The van der Waals surface area contributed by atoms with Crippen molar-refractivity contribution < 1.29 is 30.8 Å². The smallest absolute Gasteiger partial charge is 0.373 e. The van der Waals surface area contributed by atoms with Crippen molar-refractivity contribution in [2.24, 2.45) is 0 Å². The first kappa shape index (κ1) is 14.1. The molecule has 1 rings (SSSR count). The number of rotatable bonds is 4. The number of hydrogen-bond acceptors (Lipinski definition) is 3. The van der Waals surface area contributed by atoms with Gasteiger partial charge < -0.3 is 13.3 Å². The van der Waals surface area contributed by atoms with Crippen molar-refractivity contribution in [2.45, 2.75) is 0 Å². The monoisotopic (exact) mass is 270 g/mol. The molecule has 0 fully saturated rings. The highest BCUT2D eigenvalue weighted by Crippen LogP contribution is 2.17. The SMILES string of the molecule is CO[Si](OC)(OC)c1c(F)c(F)cc(F)c1F. The van der Waals surface area contributed by atoms with Crippen LogP contribution in [0.4, 0.5) is 17.6 Å². The van der Waals surface area contributed by atoms with Gasteiger partial charge in [0.15, 0.2) is 23.3 Å². The standard InChI is InChI=1S/C9H10F4O3Si/c1-14-17(15-2,16-3)9-7(12)5(10)4-6(11)8(9)13/h4H,1-3H3. The number of hydrogen-bond donors (Lipinski definition) is 0. The molecule has 0 saturated carbocycles. The lowest BCUT2D eigenvalue weighted by Crippen LogP contribution is -2.58. The Kier molecular flexibility index (Phi) is 4.25. The van der Waals surface area contributed by atoms with E-state index in [9.17, 15) is 17.6 Å². The maximum Gasteiger partial charge on any atom is 0.542 e. The van der Waals surface area contributed by atoms with E-state index in [1.165, 1.54) is 0 Å². The van der Waals surface area contributed by atoms with E-state index in [-0.39, 0.29) is 6.07 Å². The lowest BCUT2D eigenvalue weighted by atomic mass is 10.3. The van der Waals surface area contributed by atoms with Crippen LogP contribution in [0.5, 0.6) is 0 Å². The highest BCUT2D eigenvalue weighted by atomic mass is 28.4. The highest BCUT2D eigenvalue weighted by Gasteiger charge is 2.48. The molecule has 0 aliphatic rings. The maximum atomic E-state index is 13.5. The molecule has 0 amide bonds. The van der Waals surface area contributed by atoms with E-state index in [4.69, 9.17) is 13.3 Å². The Bertz CT molecular complexity index is 389. The van der Waals surface area contributed by atoms with Crippen LogP contribution >= 0.6 is 0 Å². The lowest BCUT2D eigenvalue weighted by Gasteiger charge is -2.25. The van der Waals surface area contributed by atoms with Crippen molar-refractivity contribution in [3.05, 3.63) is 29.3 Å². The molecule has 0 saturated heterocycles. The summed E-state index contributed by atoms with van der Waals surface area (Å²) in [6, 6.07) is 0.105. The third-order valence-corrected chi connectivity index (χ3v) is 4.89. The summed E-state index contributed by atoms with van der Waals surface area (Å²) in [6.07, 6.45) is 0. The molecule has 17 heavy (non-hydrogen) atoms. The third-order valence-electron chi connectivity index (χ3n) is 2.22. The van der Waals surface area contributed by atoms with E-state index < -0.39 is 37.3 Å². The van der Waals surface area contributed by atoms with E-state index in [0.29, 0.717) is 0 Å². The summed E-state index contributed by atoms with van der Waals surface area (Å²) in [6.45, 7) is 0. The minimum atomic E-state index is -3.98. The number of halogens is 4. The Morgan fingerprint density at radius 1 is 0.824 bits per heavy atom. The molecule has 0 bridgehead atoms. The van der Waals surface area contributed by atoms with Gasteiger partial charge in [-0.1, -0.05) is 0 Å². The van der Waals surface area contributed by atoms with E-state index >= 15 is 0 Å². The van der Waals surface area contributed by atoms with E-state index in [1.54, 1.807) is 0 Å². The fourth-order valence-corrected chi connectivity index (χ4v) is 3.29. The molecule has 1 aromatic rings. The maximum absolute atomic E-state index is 13.5.